The SMILES string of the molecule is CC(=O)OCC1=C(C(=O)[O-])N2C(=O)C(NC(=O)/C(=C/Cl)c3csc(N)n3)[C@H]2SC1.[Na+]. The summed E-state index contributed by atoms with van der Waals surface area (Å²) < 4.78 is 4.85. The fourth-order valence-corrected chi connectivity index (χ4v) is 4.92. The van der Waals surface area contributed by atoms with E-state index in [4.69, 9.17) is 22.1 Å². The van der Waals surface area contributed by atoms with Crippen LogP contribution in [0.5, 0.6) is 0 Å². The summed E-state index contributed by atoms with van der Waals surface area (Å²) in [5.41, 5.74) is 6.79. The van der Waals surface area contributed by atoms with Crippen molar-refractivity contribution in [1.29, 1.82) is 0 Å². The Labute approximate surface area is 206 Å². The number of aliphatic carboxylic acids is 1. The van der Waals surface area contributed by atoms with Gasteiger partial charge in [0.05, 0.1) is 22.9 Å². The molecule has 0 aromatic carbocycles. The van der Waals surface area contributed by atoms with E-state index in [1.807, 2.05) is 0 Å². The van der Waals surface area contributed by atoms with E-state index >= 15 is 0 Å². The van der Waals surface area contributed by atoms with E-state index in [-0.39, 0.29) is 69.6 Å². The van der Waals surface area contributed by atoms with Crippen molar-refractivity contribution in [2.24, 2.45) is 0 Å². The first kappa shape index (κ1) is 24.7. The van der Waals surface area contributed by atoms with Crippen LogP contribution < -0.4 is 45.7 Å². The summed E-state index contributed by atoms with van der Waals surface area (Å²) in [5.74, 6) is -3.21. The molecule has 1 fully saturated rings. The van der Waals surface area contributed by atoms with Gasteiger partial charge in [-0.05, 0) is 0 Å². The summed E-state index contributed by atoms with van der Waals surface area (Å²) in [5, 5.41) is 15.3. The number of hydrogen-bond acceptors (Lipinski definition) is 10. The van der Waals surface area contributed by atoms with Crippen LogP contribution in [0, 0.1) is 0 Å². The smallest absolute Gasteiger partial charge is 0.543 e. The van der Waals surface area contributed by atoms with Crippen molar-refractivity contribution >= 4 is 69.2 Å². The molecule has 1 aromatic rings. The number of β-lactam (4-membered cyclic amide) rings is 1. The zero-order valence-corrected chi connectivity index (χ0v) is 20.2. The molecule has 1 saturated heterocycles. The van der Waals surface area contributed by atoms with Crippen molar-refractivity contribution < 1.29 is 58.6 Å². The number of carbonyl (C=O) groups is 4. The number of amides is 2. The van der Waals surface area contributed by atoms with E-state index in [2.05, 4.69) is 10.3 Å². The van der Waals surface area contributed by atoms with Crippen molar-refractivity contribution in [3.63, 3.8) is 0 Å². The van der Waals surface area contributed by atoms with Crippen LogP contribution in [-0.2, 0) is 23.9 Å². The molecule has 154 valence electrons. The Morgan fingerprint density at radius 2 is 2.20 bits per heavy atom. The van der Waals surface area contributed by atoms with Gasteiger partial charge < -0.3 is 25.7 Å². The largest absolute Gasteiger partial charge is 1.00 e. The second-order valence-corrected chi connectivity index (χ2v) is 8.19. The fraction of sp³-hybridized carbons (Fsp3) is 0.312. The quantitative estimate of drug-likeness (QED) is 0.181. The molecule has 0 radical (unpaired) electrons. The second kappa shape index (κ2) is 10.2. The normalized spacial score (nSPS) is 20.7. The number of anilines is 1. The van der Waals surface area contributed by atoms with Crippen molar-refractivity contribution in [3.05, 3.63) is 27.9 Å². The first-order valence-electron chi connectivity index (χ1n) is 8.08. The maximum absolute atomic E-state index is 12.6. The molecule has 3 N–H and O–H groups in total. The van der Waals surface area contributed by atoms with Crippen LogP contribution >= 0.6 is 34.7 Å². The number of nitrogens with two attached hydrogens (primary N) is 1. The predicted octanol–water partition coefficient (Wildman–Crippen LogP) is -3.72. The average molecular weight is 481 g/mol. The standard InChI is InChI=1S/C16H15ClN4O6S2.Na/c1-6(22)27-3-7-4-28-14-10(13(24)21(14)11(7)15(25)26)20-12(23)8(2-17)9-5-29-16(18)19-9;/h2,5,10,14H,3-4H2,1H3,(H2,18,19)(H,20,23)(H,25,26);/q;+1/p-1/b8-2+;/t10?,14-;/m1./s1. The molecule has 30 heavy (non-hydrogen) atoms. The van der Waals surface area contributed by atoms with Gasteiger partial charge in [0.25, 0.3) is 11.8 Å². The van der Waals surface area contributed by atoms with E-state index in [9.17, 15) is 24.3 Å². The molecule has 1 unspecified atom stereocenters. The summed E-state index contributed by atoms with van der Waals surface area (Å²) in [6.07, 6.45) is 0. The van der Waals surface area contributed by atoms with Gasteiger partial charge in [-0.25, -0.2) is 4.98 Å². The molecule has 10 nitrogen and oxygen atoms in total. The van der Waals surface area contributed by atoms with Crippen LogP contribution in [-0.4, -0.2) is 57.4 Å². The molecule has 2 atom stereocenters. The second-order valence-electron chi connectivity index (χ2n) is 5.97. The van der Waals surface area contributed by atoms with Gasteiger partial charge in [0.15, 0.2) is 5.13 Å². The van der Waals surface area contributed by atoms with Crippen molar-refractivity contribution in [1.82, 2.24) is 15.2 Å². The van der Waals surface area contributed by atoms with Gasteiger partial charge in [0.2, 0.25) is 0 Å². The average Bonchev–Trinajstić information content (AvgIpc) is 3.09. The predicted molar refractivity (Wildman–Crippen MR) is 104 cm³/mol. The summed E-state index contributed by atoms with van der Waals surface area (Å²) in [7, 11) is 0. The van der Waals surface area contributed by atoms with Gasteiger partial charge in [-0.3, -0.25) is 19.3 Å². The number of thiazole rings is 1. The molecule has 14 heteroatoms. The Morgan fingerprint density at radius 3 is 2.73 bits per heavy atom. The first-order chi connectivity index (χ1) is 13.7. The molecule has 0 aliphatic carbocycles. The molecular weight excluding hydrogens is 467 g/mol. The van der Waals surface area contributed by atoms with E-state index in [0.29, 0.717) is 0 Å². The molecule has 3 heterocycles. The van der Waals surface area contributed by atoms with Crippen LogP contribution in [0.15, 0.2) is 22.2 Å². The third kappa shape index (κ3) is 4.84. The minimum absolute atomic E-state index is 0. The van der Waals surface area contributed by atoms with Crippen LogP contribution in [0.25, 0.3) is 5.57 Å². The summed E-state index contributed by atoms with van der Waals surface area (Å²) in [6.45, 7) is 0.930. The maximum Gasteiger partial charge on any atom is 1.00 e. The Kier molecular flexibility index (Phi) is 8.36. The molecule has 3 rings (SSSR count). The van der Waals surface area contributed by atoms with Crippen LogP contribution in [0.4, 0.5) is 5.13 Å². The number of rotatable bonds is 6. The molecule has 0 saturated carbocycles. The number of ether oxygens (including phenoxy) is 1. The third-order valence-electron chi connectivity index (χ3n) is 4.13. The number of nitrogens with one attached hydrogen (secondary N) is 1. The van der Waals surface area contributed by atoms with Gasteiger partial charge in [-0.15, -0.1) is 23.1 Å². The van der Waals surface area contributed by atoms with Crippen molar-refractivity contribution in [2.45, 2.75) is 18.3 Å². The molecule has 2 aliphatic rings. The molecule has 0 spiro atoms. The molecular formula is C16H14ClN4NaO6S2. The Morgan fingerprint density at radius 1 is 1.50 bits per heavy atom. The number of esters is 1. The summed E-state index contributed by atoms with van der Waals surface area (Å²) in [4.78, 5) is 52.7. The van der Waals surface area contributed by atoms with Crippen LogP contribution in [0.3, 0.4) is 0 Å². The minimum atomic E-state index is -1.56. The van der Waals surface area contributed by atoms with Crippen molar-refractivity contribution in [3.8, 4) is 0 Å². The molecule has 0 bridgehead atoms. The van der Waals surface area contributed by atoms with E-state index < -0.39 is 35.2 Å². The third-order valence-corrected chi connectivity index (χ3v) is 6.36. The Balaban J connectivity index is 0.00000320. The minimum Gasteiger partial charge on any atom is -0.543 e. The number of fused-ring (bicyclic) bond motifs is 1. The Bertz CT molecular complexity index is 965. The monoisotopic (exact) mass is 480 g/mol. The van der Waals surface area contributed by atoms with Gasteiger partial charge in [-0.2, -0.15) is 0 Å². The summed E-state index contributed by atoms with van der Waals surface area (Å²) in [6, 6.07) is -0.959. The van der Waals surface area contributed by atoms with Crippen LogP contribution in [0.1, 0.15) is 12.6 Å². The van der Waals surface area contributed by atoms with E-state index in [0.717, 1.165) is 21.8 Å². The van der Waals surface area contributed by atoms with Gasteiger partial charge in [0.1, 0.15) is 18.0 Å². The topological polar surface area (TPSA) is 155 Å². The molecule has 1 aromatic heterocycles. The number of thioether (sulfide) groups is 1. The molecule has 2 amide bonds. The van der Waals surface area contributed by atoms with E-state index in [1.165, 1.54) is 18.7 Å². The summed E-state index contributed by atoms with van der Waals surface area (Å²) >= 11 is 8.09. The first-order valence-corrected chi connectivity index (χ1v) is 10.4. The number of halogens is 1. The van der Waals surface area contributed by atoms with E-state index in [1.54, 1.807) is 5.38 Å². The van der Waals surface area contributed by atoms with Gasteiger partial charge in [0, 0.05) is 29.2 Å². The fourth-order valence-electron chi connectivity index (χ4n) is 2.82. The van der Waals surface area contributed by atoms with Crippen LogP contribution in [0.2, 0.25) is 0 Å². The Hall–Kier alpha value is -1.57. The number of nitrogens with zero attached hydrogens (tertiary/aromatic N) is 2. The zero-order valence-electron chi connectivity index (χ0n) is 15.8. The number of aromatic nitrogens is 1. The maximum atomic E-state index is 12.6. The number of hydrogen-bond donors (Lipinski definition) is 2. The van der Waals surface area contributed by atoms with Gasteiger partial charge in [-0.1, -0.05) is 11.6 Å². The number of carboxylic acids is 1. The van der Waals surface area contributed by atoms with Crippen molar-refractivity contribution in [2.75, 3.05) is 18.1 Å². The number of nitrogen functional groups attached to an aromatic ring is 1. The number of carbonyl (C=O) groups excluding carboxylic acids is 4. The molecule has 2 aliphatic heterocycles. The zero-order chi connectivity index (χ0) is 21.3. The number of carboxylic acid groups (broad SMARTS) is 1. The van der Waals surface area contributed by atoms with Gasteiger partial charge >= 0.3 is 35.5 Å².